The van der Waals surface area contributed by atoms with Crippen LogP contribution < -0.4 is 23.0 Å². The number of hydrogen-bond donors (Lipinski definition) is 5. The van der Waals surface area contributed by atoms with Gasteiger partial charge in [-0.05, 0) is 47.0 Å². The summed E-state index contributed by atoms with van der Waals surface area (Å²) < 4.78 is 57.5. The molecule has 0 aliphatic carbocycles. The van der Waals surface area contributed by atoms with Gasteiger partial charge in [-0.2, -0.15) is 0 Å². The first-order valence-electron chi connectivity index (χ1n) is 14.3. The maximum Gasteiger partial charge on any atom is 0.376 e. The molecule has 284 valence electrons. The first kappa shape index (κ1) is 44.9. The number of carbonyl (C=O) groups excluding carboxylic acids is 3. The van der Waals surface area contributed by atoms with Crippen LogP contribution in [-0.4, -0.2) is 52.6 Å². The van der Waals surface area contributed by atoms with Gasteiger partial charge in [0.05, 0.1) is 7.11 Å². The van der Waals surface area contributed by atoms with E-state index in [0.717, 1.165) is 7.11 Å². The third kappa shape index (κ3) is 13.2. The van der Waals surface area contributed by atoms with Crippen LogP contribution in [0.15, 0.2) is 110 Å². The minimum Gasteiger partial charge on any atom is -0.463 e. The van der Waals surface area contributed by atoms with Gasteiger partial charge in [-0.25, -0.2) is 23.8 Å². The van der Waals surface area contributed by atoms with Crippen molar-refractivity contribution in [2.24, 2.45) is 22.6 Å². The Balaban J connectivity index is 0.000000383. The summed E-state index contributed by atoms with van der Waals surface area (Å²) in [6.45, 7) is 0. The van der Waals surface area contributed by atoms with Gasteiger partial charge in [0.25, 0.3) is 5.91 Å². The van der Waals surface area contributed by atoms with Crippen molar-refractivity contribution < 1.29 is 51.0 Å². The van der Waals surface area contributed by atoms with Crippen molar-refractivity contribution in [1.82, 2.24) is 20.9 Å². The maximum atomic E-state index is 12.9. The van der Waals surface area contributed by atoms with Crippen LogP contribution in [0.25, 0.3) is 44.2 Å². The Labute approximate surface area is 303 Å². The maximum absolute atomic E-state index is 12.9. The summed E-state index contributed by atoms with van der Waals surface area (Å²) in [6.07, 6.45) is 0. The molecule has 6 aromatic rings. The second kappa shape index (κ2) is 23.3. The number of ether oxygens (including phenoxy) is 1. The van der Waals surface area contributed by atoms with Crippen molar-refractivity contribution in [2.45, 2.75) is 7.43 Å². The van der Waals surface area contributed by atoms with E-state index in [0.29, 0.717) is 33.8 Å². The highest BCUT2D eigenvalue weighted by Gasteiger charge is 2.15. The van der Waals surface area contributed by atoms with Crippen LogP contribution in [0, 0.1) is 17.5 Å². The SMILES string of the molecule is C.CO.COC(=O)c1cc(-c2cccc(F)c2)no1.NN.NNC(=O)c1cc(-c2cccc(F)c2)no1.[N-]=[N+]=NC(=O)c1cc(-c2cccc(F)c2)no1. The van der Waals surface area contributed by atoms with Gasteiger partial charge in [0, 0.05) is 46.9 Å². The summed E-state index contributed by atoms with van der Waals surface area (Å²) in [7, 11) is 2.24. The Morgan fingerprint density at radius 1 is 0.722 bits per heavy atom. The van der Waals surface area contributed by atoms with Crippen molar-refractivity contribution >= 4 is 17.8 Å². The highest BCUT2D eigenvalue weighted by atomic mass is 19.1. The number of nitrogen functional groups attached to an aromatic ring is 1. The molecule has 2 amide bonds. The van der Waals surface area contributed by atoms with Gasteiger partial charge in [0.2, 0.25) is 17.3 Å². The van der Waals surface area contributed by atoms with E-state index in [2.05, 4.69) is 46.4 Å². The van der Waals surface area contributed by atoms with E-state index >= 15 is 0 Å². The van der Waals surface area contributed by atoms with Gasteiger partial charge in [-0.15, -0.1) is 0 Å². The van der Waals surface area contributed by atoms with Crippen LogP contribution in [-0.2, 0) is 4.74 Å². The van der Waals surface area contributed by atoms with Crippen molar-refractivity contribution in [3.05, 3.63) is 136 Å². The van der Waals surface area contributed by atoms with Crippen molar-refractivity contribution in [1.29, 1.82) is 0 Å². The predicted octanol–water partition coefficient (Wildman–Crippen LogP) is 5.35. The van der Waals surface area contributed by atoms with Crippen LogP contribution in [0.4, 0.5) is 13.2 Å². The lowest BCUT2D eigenvalue weighted by Gasteiger charge is -1.93. The number of azide groups is 1. The number of hydrazine groups is 2. The molecule has 0 saturated heterocycles. The van der Waals surface area contributed by atoms with Crippen LogP contribution in [0.3, 0.4) is 0 Å². The number of halogens is 3. The molecule has 3 heterocycles. The first-order chi connectivity index (χ1) is 25.6. The third-order valence-corrected chi connectivity index (χ3v) is 5.98. The van der Waals surface area contributed by atoms with Gasteiger partial charge in [0.1, 0.15) is 34.5 Å². The topological polar surface area (TPSA) is 298 Å². The number of esters is 1. The molecule has 8 N–H and O–H groups in total. The molecule has 0 radical (unpaired) electrons. The number of benzene rings is 3. The summed E-state index contributed by atoms with van der Waals surface area (Å²) in [4.78, 5) is 35.6. The van der Waals surface area contributed by atoms with Gasteiger partial charge < -0.3 is 23.4 Å². The highest BCUT2D eigenvalue weighted by Crippen LogP contribution is 2.22. The average molecular weight is 755 g/mol. The van der Waals surface area contributed by atoms with Gasteiger partial charge >= 0.3 is 11.9 Å². The normalized spacial score (nSPS) is 9.28. The van der Waals surface area contributed by atoms with Crippen molar-refractivity contribution in [3.8, 4) is 33.8 Å². The highest BCUT2D eigenvalue weighted by molar-refractivity contribution is 5.93. The fourth-order valence-corrected chi connectivity index (χ4v) is 3.74. The lowest BCUT2D eigenvalue weighted by atomic mass is 10.1. The molecule has 18 nitrogen and oxygen atoms in total. The summed E-state index contributed by atoms with van der Waals surface area (Å²) in [5, 5.41) is 20.7. The standard InChI is InChI=1S/C11H8FNO3.C10H5FN4O2.C10H8FN3O2.CH4O.CH4.H4N2/c1-15-11(14)10-6-9(13-16-10)7-3-2-4-8(12)5-7;11-7-3-1-2-6(4-7)8-5-9(17-14-8)10(16)13-15-12;11-7-3-1-2-6(4-7)8-5-9(16-14-8)10(15)13-12;1-2;;1-2/h2-6H,1H3;1-5H;1-5H,12H2,(H,13,15);2H,1H3;1H4;1-2H2. The van der Waals surface area contributed by atoms with Gasteiger partial charge in [-0.3, -0.25) is 26.7 Å². The number of aromatic nitrogens is 3. The summed E-state index contributed by atoms with van der Waals surface area (Å²) >= 11 is 0. The van der Waals surface area contributed by atoms with E-state index in [1.807, 2.05) is 5.43 Å². The Bertz CT molecular complexity index is 2050. The molecule has 0 aliphatic heterocycles. The summed E-state index contributed by atoms with van der Waals surface area (Å²) in [5.74, 6) is 9.44. The van der Waals surface area contributed by atoms with Crippen LogP contribution in [0.1, 0.15) is 39.1 Å². The molecule has 54 heavy (non-hydrogen) atoms. The number of aliphatic hydroxyl groups is 1. The number of hydrogen-bond acceptors (Lipinski definition) is 14. The largest absolute Gasteiger partial charge is 0.463 e. The minimum atomic E-state index is -0.873. The minimum absolute atomic E-state index is 0. The third-order valence-electron chi connectivity index (χ3n) is 5.98. The van der Waals surface area contributed by atoms with E-state index in [9.17, 15) is 27.6 Å². The Morgan fingerprint density at radius 3 is 1.46 bits per heavy atom. The monoisotopic (exact) mass is 754 g/mol. The molecule has 0 unspecified atom stereocenters. The number of rotatable bonds is 6. The number of aliphatic hydroxyl groups excluding tert-OH is 1. The number of nitrogens with zero attached hydrogens (tertiary/aromatic N) is 6. The van der Waals surface area contributed by atoms with Gasteiger partial charge in [0.15, 0.2) is 0 Å². The molecule has 0 aliphatic rings. The van der Waals surface area contributed by atoms with Crippen molar-refractivity contribution in [2.75, 3.05) is 14.2 Å². The molecule has 0 bridgehead atoms. The smallest absolute Gasteiger partial charge is 0.376 e. The first-order valence-corrected chi connectivity index (χ1v) is 14.3. The zero-order valence-electron chi connectivity index (χ0n) is 27.5. The Kier molecular flexibility index (Phi) is 19.4. The molecule has 0 spiro atoms. The van der Waals surface area contributed by atoms with E-state index in [-0.39, 0.29) is 36.3 Å². The number of carbonyl (C=O) groups is 3. The Hall–Kier alpha value is -7.16. The zero-order valence-corrected chi connectivity index (χ0v) is 27.5. The number of amides is 2. The Morgan fingerprint density at radius 2 is 1.09 bits per heavy atom. The van der Waals surface area contributed by atoms with Crippen molar-refractivity contribution in [3.63, 3.8) is 0 Å². The summed E-state index contributed by atoms with van der Waals surface area (Å²) in [5.41, 5.74) is 12.6. The predicted molar refractivity (Wildman–Crippen MR) is 185 cm³/mol. The molecular weight excluding hydrogens is 721 g/mol. The molecular formula is C33H33F3N10O8. The second-order valence-corrected chi connectivity index (χ2v) is 9.22. The fraction of sp³-hybridized carbons (Fsp3) is 0.0909. The summed E-state index contributed by atoms with van der Waals surface area (Å²) in [6, 6.07) is 21.4. The average Bonchev–Trinajstić information content (AvgIpc) is 3.99. The molecule has 0 fully saturated rings. The zero-order chi connectivity index (χ0) is 39.3. The van der Waals surface area contributed by atoms with Crippen LogP contribution >= 0.6 is 0 Å². The molecule has 0 saturated carbocycles. The molecule has 3 aromatic heterocycles. The quantitative estimate of drug-likeness (QED) is 0.0273. The van der Waals surface area contributed by atoms with Gasteiger partial charge in [-0.1, -0.05) is 59.3 Å². The lowest BCUT2D eigenvalue weighted by Crippen LogP contribution is -2.29. The molecule has 6 rings (SSSR count). The second-order valence-electron chi connectivity index (χ2n) is 9.22. The molecule has 0 atom stereocenters. The van der Waals surface area contributed by atoms with E-state index in [1.54, 1.807) is 30.3 Å². The number of nitrogens with two attached hydrogens (primary N) is 3. The molecule has 3 aromatic carbocycles. The van der Waals surface area contributed by atoms with E-state index in [1.165, 1.54) is 67.8 Å². The number of methoxy groups -OCH3 is 1. The molecule has 21 heteroatoms. The van der Waals surface area contributed by atoms with E-state index in [4.69, 9.17) is 25.5 Å². The number of nitrogens with one attached hydrogen (secondary N) is 1. The lowest BCUT2D eigenvalue weighted by molar-refractivity contribution is 0.0554. The van der Waals surface area contributed by atoms with Crippen LogP contribution in [0.2, 0.25) is 0 Å². The van der Waals surface area contributed by atoms with E-state index < -0.39 is 23.6 Å². The fourth-order valence-electron chi connectivity index (χ4n) is 3.74. The van der Waals surface area contributed by atoms with Crippen LogP contribution in [0.5, 0.6) is 0 Å².